The lowest BCUT2D eigenvalue weighted by Crippen LogP contribution is -2.34. The topological polar surface area (TPSA) is 69.0 Å². The fraction of sp³-hybridized carbons (Fsp3) is 0.345. The summed E-state index contributed by atoms with van der Waals surface area (Å²) in [6.07, 6.45) is 0.0587. The highest BCUT2D eigenvalue weighted by atomic mass is 19.4. The van der Waals surface area contributed by atoms with E-state index in [0.29, 0.717) is 5.75 Å². The monoisotopic (exact) mass is 538 g/mol. The minimum Gasteiger partial charge on any atom is -0.497 e. The Kier molecular flexibility index (Phi) is 7.20. The molecule has 1 aliphatic carbocycles. The lowest BCUT2D eigenvalue weighted by atomic mass is 9.77. The normalized spacial score (nSPS) is 20.1. The highest BCUT2D eigenvalue weighted by molar-refractivity contribution is 6.08. The van der Waals surface area contributed by atoms with Gasteiger partial charge < -0.3 is 9.47 Å². The van der Waals surface area contributed by atoms with Crippen molar-refractivity contribution in [3.05, 3.63) is 82.7 Å². The number of benzene rings is 2. The lowest BCUT2D eigenvalue weighted by molar-refractivity contribution is -0.142. The second-order valence-electron chi connectivity index (χ2n) is 9.71. The maximum absolute atomic E-state index is 13.6. The molecule has 7 nitrogen and oxygen atoms in total. The van der Waals surface area contributed by atoms with E-state index in [1.165, 1.54) is 11.9 Å². The average molecular weight is 539 g/mol. The molecule has 0 bridgehead atoms. The van der Waals surface area contributed by atoms with Gasteiger partial charge in [-0.25, -0.2) is 5.01 Å². The number of nitrogens with zero attached hydrogens (tertiary/aromatic N) is 4. The molecule has 0 saturated heterocycles. The fourth-order valence-electron chi connectivity index (χ4n) is 5.25. The average Bonchev–Trinajstić information content (AvgIpc) is 3.50. The molecular weight excluding hydrogens is 509 g/mol. The molecule has 2 atom stereocenters. The molecule has 0 radical (unpaired) electrons. The predicted molar refractivity (Wildman–Crippen MR) is 140 cm³/mol. The standard InChI is InChI=1S/C29H29F3N4O3/c1-18-15-25(29(30,31)32)33-35(18)17-26(37)36-28(20-9-13-23(39-3)14-10-20)24-6-4-5-21(27(24)34-36)16-19-7-11-22(38-2)12-8-19/h7-16,24,28H,4-6,17H2,1-3H3/b21-16+/t24-,28-/m1/s1. The summed E-state index contributed by atoms with van der Waals surface area (Å²) in [5, 5.41) is 9.90. The van der Waals surface area contributed by atoms with Crippen LogP contribution in [0.4, 0.5) is 13.2 Å². The zero-order valence-electron chi connectivity index (χ0n) is 21.9. The van der Waals surface area contributed by atoms with Gasteiger partial charge in [-0.05, 0) is 79.3 Å². The third-order valence-corrected chi connectivity index (χ3v) is 7.23. The third-order valence-electron chi connectivity index (χ3n) is 7.23. The van der Waals surface area contributed by atoms with E-state index < -0.39 is 23.8 Å². The third kappa shape index (κ3) is 5.41. The summed E-state index contributed by atoms with van der Waals surface area (Å²) in [5.74, 6) is 0.966. The summed E-state index contributed by atoms with van der Waals surface area (Å²) >= 11 is 0. The minimum atomic E-state index is -4.59. The van der Waals surface area contributed by atoms with Crippen LogP contribution in [0.1, 0.15) is 47.8 Å². The van der Waals surface area contributed by atoms with E-state index in [-0.39, 0.29) is 18.2 Å². The van der Waals surface area contributed by atoms with Crippen LogP contribution < -0.4 is 9.47 Å². The van der Waals surface area contributed by atoms with Gasteiger partial charge in [0.05, 0.1) is 26.0 Å². The van der Waals surface area contributed by atoms with Gasteiger partial charge in [-0.1, -0.05) is 24.3 Å². The number of hydrazone groups is 1. The first kappa shape index (κ1) is 26.5. The Bertz CT molecular complexity index is 1410. The minimum absolute atomic E-state index is 0.0509. The van der Waals surface area contributed by atoms with Crippen molar-refractivity contribution in [1.29, 1.82) is 0 Å². The summed E-state index contributed by atoms with van der Waals surface area (Å²) in [5.41, 5.74) is 2.98. The van der Waals surface area contributed by atoms with Crippen molar-refractivity contribution in [2.45, 2.75) is 44.9 Å². The van der Waals surface area contributed by atoms with Crippen LogP contribution in [0.15, 0.2) is 65.3 Å². The number of ether oxygens (including phenoxy) is 2. The van der Waals surface area contributed by atoms with E-state index in [0.717, 1.165) is 58.2 Å². The van der Waals surface area contributed by atoms with Crippen LogP contribution in [0.25, 0.3) is 6.08 Å². The maximum Gasteiger partial charge on any atom is 0.435 e. The highest BCUT2D eigenvalue weighted by Gasteiger charge is 2.44. The van der Waals surface area contributed by atoms with Gasteiger partial charge in [-0.15, -0.1) is 0 Å². The van der Waals surface area contributed by atoms with Crippen molar-refractivity contribution < 1.29 is 27.4 Å². The Morgan fingerprint density at radius 3 is 2.28 bits per heavy atom. The molecule has 3 aromatic rings. The van der Waals surface area contributed by atoms with Gasteiger partial charge in [-0.2, -0.15) is 23.4 Å². The smallest absolute Gasteiger partial charge is 0.435 e. The van der Waals surface area contributed by atoms with Gasteiger partial charge in [0, 0.05) is 11.6 Å². The Morgan fingerprint density at radius 1 is 1.05 bits per heavy atom. The number of hydrogen-bond acceptors (Lipinski definition) is 5. The van der Waals surface area contributed by atoms with Crippen LogP contribution in [0.5, 0.6) is 11.5 Å². The zero-order valence-corrected chi connectivity index (χ0v) is 21.9. The first-order chi connectivity index (χ1) is 18.7. The van der Waals surface area contributed by atoms with Gasteiger partial charge in [0.15, 0.2) is 5.69 Å². The summed E-state index contributed by atoms with van der Waals surface area (Å²) < 4.78 is 51.3. The number of methoxy groups -OCH3 is 2. The van der Waals surface area contributed by atoms with E-state index in [2.05, 4.69) is 11.2 Å². The summed E-state index contributed by atoms with van der Waals surface area (Å²) in [7, 11) is 3.20. The molecule has 204 valence electrons. The molecule has 2 aromatic carbocycles. The second kappa shape index (κ2) is 10.6. The molecule has 0 N–H and O–H groups in total. The first-order valence-electron chi connectivity index (χ1n) is 12.7. The van der Waals surface area contributed by atoms with Gasteiger partial charge in [0.2, 0.25) is 0 Å². The number of amides is 1. The van der Waals surface area contributed by atoms with Crippen LogP contribution in [0, 0.1) is 12.8 Å². The molecule has 10 heteroatoms. The number of hydrogen-bond donors (Lipinski definition) is 0. The number of halogens is 3. The number of aryl methyl sites for hydroxylation is 1. The first-order valence-corrected chi connectivity index (χ1v) is 12.7. The largest absolute Gasteiger partial charge is 0.497 e. The Labute approximate surface area is 224 Å². The number of rotatable bonds is 6. The molecule has 0 spiro atoms. The van der Waals surface area contributed by atoms with Crippen molar-refractivity contribution >= 4 is 17.7 Å². The maximum atomic E-state index is 13.6. The van der Waals surface area contributed by atoms with Gasteiger partial charge in [-0.3, -0.25) is 9.48 Å². The molecule has 1 aromatic heterocycles. The van der Waals surface area contributed by atoms with E-state index >= 15 is 0 Å². The molecule has 1 amide bonds. The van der Waals surface area contributed by atoms with Crippen molar-refractivity contribution in [3.8, 4) is 11.5 Å². The van der Waals surface area contributed by atoms with Crippen LogP contribution in [-0.4, -0.2) is 40.6 Å². The van der Waals surface area contributed by atoms with Crippen molar-refractivity contribution in [3.63, 3.8) is 0 Å². The lowest BCUT2D eigenvalue weighted by Gasteiger charge is -2.29. The van der Waals surface area contributed by atoms with E-state index in [1.54, 1.807) is 14.2 Å². The van der Waals surface area contributed by atoms with Gasteiger partial charge in [0.1, 0.15) is 18.0 Å². The predicted octanol–water partition coefficient (Wildman–Crippen LogP) is 6.05. The van der Waals surface area contributed by atoms with E-state index in [1.807, 2.05) is 48.5 Å². The summed E-state index contributed by atoms with van der Waals surface area (Å²) in [6, 6.07) is 15.7. The van der Waals surface area contributed by atoms with Crippen molar-refractivity contribution in [1.82, 2.24) is 14.8 Å². The Balaban J connectivity index is 1.50. The molecule has 1 fully saturated rings. The number of aromatic nitrogens is 2. The van der Waals surface area contributed by atoms with Crippen LogP contribution in [0.3, 0.4) is 0 Å². The molecule has 2 heterocycles. The number of carbonyl (C=O) groups excluding carboxylic acids is 1. The number of carbonyl (C=O) groups is 1. The summed E-state index contributed by atoms with van der Waals surface area (Å²) in [4.78, 5) is 13.6. The second-order valence-corrected chi connectivity index (χ2v) is 9.71. The highest BCUT2D eigenvalue weighted by Crippen LogP contribution is 2.45. The van der Waals surface area contributed by atoms with Crippen LogP contribution in [0.2, 0.25) is 0 Å². The molecular formula is C29H29F3N4O3. The van der Waals surface area contributed by atoms with E-state index in [9.17, 15) is 18.0 Å². The van der Waals surface area contributed by atoms with Crippen LogP contribution >= 0.6 is 0 Å². The van der Waals surface area contributed by atoms with E-state index in [4.69, 9.17) is 14.6 Å². The van der Waals surface area contributed by atoms with Crippen molar-refractivity contribution in [2.75, 3.05) is 14.2 Å². The summed E-state index contributed by atoms with van der Waals surface area (Å²) in [6.45, 7) is 1.15. The molecule has 39 heavy (non-hydrogen) atoms. The quantitative estimate of drug-likeness (QED) is 0.383. The van der Waals surface area contributed by atoms with Crippen LogP contribution in [-0.2, 0) is 17.5 Å². The molecule has 5 rings (SSSR count). The number of alkyl halides is 3. The van der Waals surface area contributed by atoms with Gasteiger partial charge in [0.25, 0.3) is 5.91 Å². The zero-order chi connectivity index (χ0) is 27.7. The molecule has 1 aliphatic heterocycles. The van der Waals surface area contributed by atoms with Crippen molar-refractivity contribution in [2.24, 2.45) is 11.0 Å². The number of allylic oxidation sites excluding steroid dienone is 1. The SMILES string of the molecule is COc1ccc(/C=C2\CCC[C@@H]3C2=NN(C(=O)Cn2nc(C(F)(F)F)cc2C)[C@@H]3c2ccc(OC)cc2)cc1. The fourth-order valence-corrected chi connectivity index (χ4v) is 5.25. The Morgan fingerprint density at radius 2 is 1.69 bits per heavy atom. The molecule has 2 aliphatic rings. The number of fused-ring (bicyclic) bond motifs is 1. The molecule has 0 unspecified atom stereocenters. The van der Waals surface area contributed by atoms with Gasteiger partial charge >= 0.3 is 6.18 Å². The Hall–Kier alpha value is -4.08. The molecule has 1 saturated carbocycles.